The SMILES string of the molecule is O=C(CCN1CCCCCC1=O)N[C@@H]1CCS(=O)(=O)C1. The fraction of sp³-hybridized carbons (Fsp3) is 0.846. The van der Waals surface area contributed by atoms with E-state index in [-0.39, 0.29) is 35.8 Å². The van der Waals surface area contributed by atoms with Gasteiger partial charge in [-0.15, -0.1) is 0 Å². The Bertz CT molecular complexity index is 475. The Morgan fingerprint density at radius 3 is 2.80 bits per heavy atom. The van der Waals surface area contributed by atoms with Crippen LogP contribution in [0, 0.1) is 0 Å². The second kappa shape index (κ2) is 6.56. The molecule has 2 aliphatic rings. The van der Waals surface area contributed by atoms with Gasteiger partial charge in [0.25, 0.3) is 0 Å². The van der Waals surface area contributed by atoms with Crippen molar-refractivity contribution in [1.82, 2.24) is 10.2 Å². The van der Waals surface area contributed by atoms with Crippen molar-refractivity contribution in [3.63, 3.8) is 0 Å². The molecule has 1 N–H and O–H groups in total. The highest BCUT2D eigenvalue weighted by Gasteiger charge is 2.29. The van der Waals surface area contributed by atoms with Crippen molar-refractivity contribution in [2.75, 3.05) is 24.6 Å². The van der Waals surface area contributed by atoms with Crippen molar-refractivity contribution >= 4 is 21.7 Å². The van der Waals surface area contributed by atoms with Crippen LogP contribution in [-0.2, 0) is 19.4 Å². The van der Waals surface area contributed by atoms with Crippen LogP contribution in [-0.4, -0.2) is 55.8 Å². The number of nitrogens with zero attached hydrogens (tertiary/aromatic N) is 1. The van der Waals surface area contributed by atoms with E-state index < -0.39 is 9.84 Å². The van der Waals surface area contributed by atoms with E-state index in [0.29, 0.717) is 19.4 Å². The fourth-order valence-corrected chi connectivity index (χ4v) is 4.39. The highest BCUT2D eigenvalue weighted by Crippen LogP contribution is 2.13. The number of rotatable bonds is 4. The van der Waals surface area contributed by atoms with Gasteiger partial charge in [-0.2, -0.15) is 0 Å². The monoisotopic (exact) mass is 302 g/mol. The Labute approximate surface area is 119 Å². The highest BCUT2D eigenvalue weighted by molar-refractivity contribution is 7.91. The zero-order valence-electron chi connectivity index (χ0n) is 11.6. The van der Waals surface area contributed by atoms with Crippen molar-refractivity contribution in [2.45, 2.75) is 44.6 Å². The molecule has 6 nitrogen and oxygen atoms in total. The molecular weight excluding hydrogens is 280 g/mol. The lowest BCUT2D eigenvalue weighted by atomic mass is 10.2. The molecule has 0 aliphatic carbocycles. The first-order chi connectivity index (χ1) is 9.46. The van der Waals surface area contributed by atoms with Crippen LogP contribution >= 0.6 is 0 Å². The largest absolute Gasteiger partial charge is 0.352 e. The molecule has 1 atom stereocenters. The Morgan fingerprint density at radius 2 is 2.10 bits per heavy atom. The van der Waals surface area contributed by atoms with Gasteiger partial charge in [0.1, 0.15) is 0 Å². The predicted octanol–water partition coefficient (Wildman–Crippen LogP) is 0.0824. The highest BCUT2D eigenvalue weighted by atomic mass is 32.2. The van der Waals surface area contributed by atoms with Crippen molar-refractivity contribution in [3.8, 4) is 0 Å². The van der Waals surface area contributed by atoms with Crippen LogP contribution in [0.2, 0.25) is 0 Å². The van der Waals surface area contributed by atoms with Gasteiger partial charge in [-0.05, 0) is 19.3 Å². The van der Waals surface area contributed by atoms with Crippen LogP contribution < -0.4 is 5.32 Å². The van der Waals surface area contributed by atoms with Crippen molar-refractivity contribution in [3.05, 3.63) is 0 Å². The number of hydrogen-bond acceptors (Lipinski definition) is 4. The summed E-state index contributed by atoms with van der Waals surface area (Å²) < 4.78 is 22.6. The van der Waals surface area contributed by atoms with Crippen molar-refractivity contribution < 1.29 is 18.0 Å². The van der Waals surface area contributed by atoms with Gasteiger partial charge >= 0.3 is 0 Å². The van der Waals surface area contributed by atoms with Crippen molar-refractivity contribution in [1.29, 1.82) is 0 Å². The third-order valence-corrected chi connectivity index (χ3v) is 5.65. The molecule has 0 saturated carbocycles. The summed E-state index contributed by atoms with van der Waals surface area (Å²) in [7, 11) is -2.97. The molecule has 0 aromatic rings. The molecule has 2 fully saturated rings. The van der Waals surface area contributed by atoms with Crippen molar-refractivity contribution in [2.24, 2.45) is 0 Å². The molecule has 0 aromatic carbocycles. The number of carbonyl (C=O) groups is 2. The molecule has 0 aromatic heterocycles. The minimum absolute atomic E-state index is 0.0430. The van der Waals surface area contributed by atoms with Gasteiger partial charge in [-0.25, -0.2) is 8.42 Å². The lowest BCUT2D eigenvalue weighted by Gasteiger charge is -2.20. The topological polar surface area (TPSA) is 83.6 Å². The van der Waals surface area contributed by atoms with E-state index in [1.807, 2.05) is 0 Å². The lowest BCUT2D eigenvalue weighted by molar-refractivity contribution is -0.131. The normalized spacial score (nSPS) is 26.3. The maximum atomic E-state index is 11.8. The zero-order chi connectivity index (χ0) is 14.6. The van der Waals surface area contributed by atoms with E-state index in [0.717, 1.165) is 25.8 Å². The first-order valence-electron chi connectivity index (χ1n) is 7.24. The fourth-order valence-electron chi connectivity index (χ4n) is 2.72. The standard InChI is InChI=1S/C13H22N2O4S/c16-12(14-11-6-9-20(18,19)10-11)5-8-15-7-3-1-2-4-13(15)17/h11H,1-10H2,(H,14,16)/t11-/m1/s1. The summed E-state index contributed by atoms with van der Waals surface area (Å²) in [4.78, 5) is 25.3. The first-order valence-corrected chi connectivity index (χ1v) is 9.06. The summed E-state index contributed by atoms with van der Waals surface area (Å²) >= 11 is 0. The summed E-state index contributed by atoms with van der Waals surface area (Å²) in [5.41, 5.74) is 0. The van der Waals surface area contributed by atoms with E-state index in [2.05, 4.69) is 5.32 Å². The van der Waals surface area contributed by atoms with Crippen LogP contribution in [0.4, 0.5) is 0 Å². The molecule has 20 heavy (non-hydrogen) atoms. The third kappa shape index (κ3) is 4.47. The quantitative estimate of drug-likeness (QED) is 0.797. The van der Waals surface area contributed by atoms with Crippen LogP contribution in [0.5, 0.6) is 0 Å². The maximum Gasteiger partial charge on any atom is 0.222 e. The maximum absolute atomic E-state index is 11.8. The average molecular weight is 302 g/mol. The van der Waals surface area contributed by atoms with Crippen LogP contribution in [0.1, 0.15) is 38.5 Å². The second-order valence-corrected chi connectivity index (χ2v) is 7.84. The summed E-state index contributed by atoms with van der Waals surface area (Å²) in [6.07, 6.45) is 4.31. The lowest BCUT2D eigenvalue weighted by Crippen LogP contribution is -2.39. The van der Waals surface area contributed by atoms with E-state index in [9.17, 15) is 18.0 Å². The molecule has 2 rings (SSSR count). The Kier molecular flexibility index (Phi) is 5.01. The Hall–Kier alpha value is -1.11. The molecule has 114 valence electrons. The third-order valence-electron chi connectivity index (χ3n) is 3.88. The number of hydrogen-bond donors (Lipinski definition) is 1. The molecule has 0 spiro atoms. The minimum atomic E-state index is -2.97. The second-order valence-electron chi connectivity index (χ2n) is 5.61. The predicted molar refractivity (Wildman–Crippen MR) is 74.9 cm³/mol. The van der Waals surface area contributed by atoms with Gasteiger partial charge < -0.3 is 10.2 Å². The van der Waals surface area contributed by atoms with Crippen LogP contribution in [0.15, 0.2) is 0 Å². The van der Waals surface area contributed by atoms with Gasteiger partial charge in [0, 0.05) is 32.0 Å². The average Bonchev–Trinajstić information content (AvgIpc) is 2.58. The first kappa shape index (κ1) is 15.3. The molecule has 2 amide bonds. The van der Waals surface area contributed by atoms with E-state index in [4.69, 9.17) is 0 Å². The molecule has 7 heteroatoms. The van der Waals surface area contributed by atoms with E-state index in [1.165, 1.54) is 0 Å². The van der Waals surface area contributed by atoms with Gasteiger partial charge in [-0.1, -0.05) is 6.42 Å². The van der Waals surface area contributed by atoms with E-state index in [1.54, 1.807) is 4.90 Å². The zero-order valence-corrected chi connectivity index (χ0v) is 12.5. The number of carbonyl (C=O) groups excluding carboxylic acids is 2. The van der Waals surface area contributed by atoms with Gasteiger partial charge in [0.15, 0.2) is 9.84 Å². The number of amides is 2. The molecule has 0 radical (unpaired) electrons. The van der Waals surface area contributed by atoms with Gasteiger partial charge in [0.2, 0.25) is 11.8 Å². The van der Waals surface area contributed by atoms with Crippen LogP contribution in [0.3, 0.4) is 0 Å². The summed E-state index contributed by atoms with van der Waals surface area (Å²) in [5, 5.41) is 2.75. The number of sulfone groups is 1. The number of likely N-dealkylation sites (tertiary alicyclic amines) is 1. The van der Waals surface area contributed by atoms with E-state index >= 15 is 0 Å². The Balaban J connectivity index is 1.73. The summed E-state index contributed by atoms with van der Waals surface area (Å²) in [6, 6.07) is -0.257. The van der Waals surface area contributed by atoms with Gasteiger partial charge in [-0.3, -0.25) is 9.59 Å². The smallest absolute Gasteiger partial charge is 0.222 e. The Morgan fingerprint density at radius 1 is 1.30 bits per heavy atom. The molecule has 0 unspecified atom stereocenters. The minimum Gasteiger partial charge on any atom is -0.352 e. The van der Waals surface area contributed by atoms with Gasteiger partial charge in [0.05, 0.1) is 11.5 Å². The van der Waals surface area contributed by atoms with Crippen LogP contribution in [0.25, 0.3) is 0 Å². The molecule has 0 bridgehead atoms. The number of nitrogens with one attached hydrogen (secondary N) is 1. The molecule has 2 heterocycles. The summed E-state index contributed by atoms with van der Waals surface area (Å²) in [5.74, 6) is 0.159. The molecule has 2 aliphatic heterocycles. The molecule has 2 saturated heterocycles. The molecular formula is C13H22N2O4S. The summed E-state index contributed by atoms with van der Waals surface area (Å²) in [6.45, 7) is 1.16.